The zero-order chi connectivity index (χ0) is 28.1. The van der Waals surface area contributed by atoms with Crippen LogP contribution in [0, 0.1) is 11.3 Å². The Morgan fingerprint density at radius 3 is 2.20 bits per heavy atom. The van der Waals surface area contributed by atoms with Crippen molar-refractivity contribution in [3.05, 3.63) is 84.1 Å². The molecule has 2 aliphatic rings. The average Bonchev–Trinajstić information content (AvgIpc) is 3.68. The molecule has 1 saturated carbocycles. The van der Waals surface area contributed by atoms with E-state index in [0.29, 0.717) is 37.1 Å². The lowest BCUT2D eigenvalue weighted by molar-refractivity contribution is -0.160. The van der Waals surface area contributed by atoms with Crippen LogP contribution in [0.4, 0.5) is 18.9 Å². The summed E-state index contributed by atoms with van der Waals surface area (Å²) >= 11 is 0. The number of benzene rings is 3. The largest absolute Gasteiger partial charge is 0.398 e. The molecular formula is C30H27F3N4O2S. The summed E-state index contributed by atoms with van der Waals surface area (Å²) in [6.45, 7) is 0.691. The number of aromatic nitrogens is 1. The Kier molecular flexibility index (Phi) is 6.39. The average molecular weight is 565 g/mol. The van der Waals surface area contributed by atoms with Gasteiger partial charge in [0.15, 0.2) is 0 Å². The normalized spacial score (nSPS) is 17.9. The molecule has 3 aromatic carbocycles. The molecule has 1 aliphatic carbocycles. The van der Waals surface area contributed by atoms with Crippen LogP contribution in [-0.4, -0.2) is 43.0 Å². The van der Waals surface area contributed by atoms with E-state index in [1.165, 1.54) is 4.31 Å². The second-order valence-electron chi connectivity index (χ2n) is 10.6. The van der Waals surface area contributed by atoms with E-state index in [2.05, 4.69) is 16.4 Å². The first kappa shape index (κ1) is 26.4. The van der Waals surface area contributed by atoms with Crippen molar-refractivity contribution in [3.8, 4) is 17.2 Å². The van der Waals surface area contributed by atoms with Crippen molar-refractivity contribution in [1.82, 2.24) is 9.29 Å². The second-order valence-corrected chi connectivity index (χ2v) is 12.5. The van der Waals surface area contributed by atoms with E-state index in [9.17, 15) is 26.9 Å². The van der Waals surface area contributed by atoms with Gasteiger partial charge >= 0.3 is 6.18 Å². The van der Waals surface area contributed by atoms with Crippen LogP contribution in [0.15, 0.2) is 77.8 Å². The number of nitriles is 1. The fraction of sp³-hybridized carbons (Fsp3) is 0.300. The molecule has 2 fully saturated rings. The molecule has 0 unspecified atom stereocenters. The van der Waals surface area contributed by atoms with Crippen LogP contribution in [-0.2, 0) is 15.4 Å². The van der Waals surface area contributed by atoms with Gasteiger partial charge in [-0.3, -0.25) is 0 Å². The van der Waals surface area contributed by atoms with E-state index in [0.717, 1.165) is 27.7 Å². The number of nitrogens with one attached hydrogen (secondary N) is 2. The topological polar surface area (TPSA) is 89.0 Å². The zero-order valence-corrected chi connectivity index (χ0v) is 22.3. The molecule has 0 radical (unpaired) electrons. The van der Waals surface area contributed by atoms with E-state index in [1.807, 2.05) is 18.2 Å². The van der Waals surface area contributed by atoms with E-state index >= 15 is 0 Å². The minimum absolute atomic E-state index is 0.0267. The Labute approximate surface area is 230 Å². The lowest BCUT2D eigenvalue weighted by atomic mass is 9.95. The number of rotatable bonds is 6. The number of nitrogens with zero attached hydrogens (tertiary/aromatic N) is 2. The number of fused-ring (bicyclic) bond motifs is 1. The zero-order valence-electron chi connectivity index (χ0n) is 21.5. The maximum Gasteiger partial charge on any atom is 0.398 e. The first-order valence-corrected chi connectivity index (χ1v) is 14.6. The molecule has 4 aromatic rings. The summed E-state index contributed by atoms with van der Waals surface area (Å²) < 4.78 is 68.3. The van der Waals surface area contributed by atoms with Gasteiger partial charge in [-0.05, 0) is 78.8 Å². The summed E-state index contributed by atoms with van der Waals surface area (Å²) in [5, 5.41) is 13.5. The number of alkyl halides is 3. The van der Waals surface area contributed by atoms with Crippen molar-refractivity contribution in [2.45, 2.75) is 48.2 Å². The molecule has 1 aromatic heterocycles. The van der Waals surface area contributed by atoms with Gasteiger partial charge in [0.1, 0.15) is 6.07 Å². The van der Waals surface area contributed by atoms with Crippen molar-refractivity contribution < 1.29 is 21.6 Å². The van der Waals surface area contributed by atoms with Crippen molar-refractivity contribution in [2.24, 2.45) is 0 Å². The fourth-order valence-corrected chi connectivity index (χ4v) is 7.05. The predicted octanol–water partition coefficient (Wildman–Crippen LogP) is 6.57. The van der Waals surface area contributed by atoms with Gasteiger partial charge in [-0.15, -0.1) is 0 Å². The van der Waals surface area contributed by atoms with Gasteiger partial charge in [0, 0.05) is 41.9 Å². The standard InChI is InChI=1S/C30H27F3N4O2S/c31-30(32,33)29(13-14-29)23-4-6-24(7-5-23)36-25-11-15-37(16-12-25)40(38,39)26-8-1-20(2-9-26)21-3-10-28-27(17-21)22(18-34)19-35-28/h1-10,17,19,25,35-36H,11-16H2. The van der Waals surface area contributed by atoms with E-state index in [4.69, 9.17) is 0 Å². The van der Waals surface area contributed by atoms with Crippen LogP contribution in [0.3, 0.4) is 0 Å². The van der Waals surface area contributed by atoms with Crippen LogP contribution in [0.25, 0.3) is 22.0 Å². The molecule has 6 nitrogen and oxygen atoms in total. The van der Waals surface area contributed by atoms with Gasteiger partial charge in [-0.25, -0.2) is 8.42 Å². The summed E-state index contributed by atoms with van der Waals surface area (Å²) in [5.41, 5.74) is 2.50. The number of H-pyrrole nitrogens is 1. The number of hydrogen-bond donors (Lipinski definition) is 2. The molecule has 10 heteroatoms. The molecule has 0 amide bonds. The van der Waals surface area contributed by atoms with E-state index < -0.39 is 21.6 Å². The molecule has 40 heavy (non-hydrogen) atoms. The van der Waals surface area contributed by atoms with Gasteiger partial charge < -0.3 is 10.3 Å². The molecule has 0 spiro atoms. The molecule has 1 aliphatic heterocycles. The summed E-state index contributed by atoms with van der Waals surface area (Å²) in [7, 11) is -3.67. The monoisotopic (exact) mass is 564 g/mol. The van der Waals surface area contributed by atoms with Gasteiger partial charge in [0.25, 0.3) is 0 Å². The second kappa shape index (κ2) is 9.68. The van der Waals surface area contributed by atoms with E-state index in [-0.39, 0.29) is 23.8 Å². The minimum atomic E-state index is -4.24. The first-order chi connectivity index (χ1) is 19.1. The molecule has 6 rings (SSSR count). The summed E-state index contributed by atoms with van der Waals surface area (Å²) in [6, 6.07) is 21.2. The number of anilines is 1. The first-order valence-electron chi connectivity index (χ1n) is 13.2. The third-order valence-electron chi connectivity index (χ3n) is 8.18. The highest BCUT2D eigenvalue weighted by molar-refractivity contribution is 7.89. The Bertz CT molecular complexity index is 1690. The highest BCUT2D eigenvalue weighted by Gasteiger charge is 2.64. The lowest BCUT2D eigenvalue weighted by Crippen LogP contribution is -2.42. The van der Waals surface area contributed by atoms with Crippen molar-refractivity contribution in [1.29, 1.82) is 5.26 Å². The minimum Gasteiger partial charge on any atom is -0.382 e. The number of halogens is 3. The molecule has 0 bridgehead atoms. The maximum absolute atomic E-state index is 13.4. The van der Waals surface area contributed by atoms with Crippen LogP contribution >= 0.6 is 0 Å². The SMILES string of the molecule is N#Cc1c[nH]c2ccc(-c3ccc(S(=O)(=O)N4CCC(Nc5ccc(C6(C(F)(F)F)CC6)cc5)CC4)cc3)cc12. The summed E-state index contributed by atoms with van der Waals surface area (Å²) in [6.07, 6.45) is -1.14. The number of aromatic amines is 1. The molecule has 0 atom stereocenters. The smallest absolute Gasteiger partial charge is 0.382 e. The van der Waals surface area contributed by atoms with Crippen molar-refractivity contribution >= 4 is 26.6 Å². The van der Waals surface area contributed by atoms with E-state index in [1.54, 1.807) is 54.7 Å². The summed E-state index contributed by atoms with van der Waals surface area (Å²) in [4.78, 5) is 3.28. The fourth-order valence-electron chi connectivity index (χ4n) is 5.58. The Morgan fingerprint density at radius 1 is 0.950 bits per heavy atom. The van der Waals surface area contributed by atoms with Gasteiger partial charge in [0.2, 0.25) is 10.0 Å². The van der Waals surface area contributed by atoms with Gasteiger partial charge in [-0.1, -0.05) is 30.3 Å². The highest BCUT2D eigenvalue weighted by atomic mass is 32.2. The number of piperidine rings is 1. The molecule has 1 saturated heterocycles. The van der Waals surface area contributed by atoms with Crippen LogP contribution in [0.1, 0.15) is 36.8 Å². The van der Waals surface area contributed by atoms with Crippen LogP contribution in [0.2, 0.25) is 0 Å². The predicted molar refractivity (Wildman–Crippen MR) is 147 cm³/mol. The van der Waals surface area contributed by atoms with Gasteiger partial charge in [-0.2, -0.15) is 22.7 Å². The maximum atomic E-state index is 13.4. The Morgan fingerprint density at radius 2 is 1.60 bits per heavy atom. The summed E-state index contributed by atoms with van der Waals surface area (Å²) in [5.74, 6) is 0. The molecular weight excluding hydrogens is 537 g/mol. The van der Waals surface area contributed by atoms with Crippen LogP contribution in [0.5, 0.6) is 0 Å². The third kappa shape index (κ3) is 4.63. The van der Waals surface area contributed by atoms with Crippen molar-refractivity contribution in [3.63, 3.8) is 0 Å². The Hall–Kier alpha value is -3.81. The lowest BCUT2D eigenvalue weighted by Gasteiger charge is -2.32. The van der Waals surface area contributed by atoms with Crippen LogP contribution < -0.4 is 5.32 Å². The quantitative estimate of drug-likeness (QED) is 0.277. The highest BCUT2D eigenvalue weighted by Crippen LogP contribution is 2.58. The molecule has 2 heterocycles. The molecule has 2 N–H and O–H groups in total. The molecule has 206 valence electrons. The number of hydrogen-bond acceptors (Lipinski definition) is 4. The Balaban J connectivity index is 1.09. The van der Waals surface area contributed by atoms with Crippen molar-refractivity contribution in [2.75, 3.05) is 18.4 Å². The van der Waals surface area contributed by atoms with Gasteiger partial charge in [0.05, 0.1) is 15.9 Å². The number of sulfonamides is 1. The third-order valence-corrected chi connectivity index (χ3v) is 10.1.